The topological polar surface area (TPSA) is 26.0 Å². The third-order valence-corrected chi connectivity index (χ3v) is 2.19. The van der Waals surface area contributed by atoms with E-state index in [-0.39, 0.29) is 0 Å². The fourth-order valence-electron chi connectivity index (χ4n) is 1.59. The summed E-state index contributed by atoms with van der Waals surface area (Å²) in [5, 5.41) is 0. The molecule has 0 aromatic heterocycles. The van der Waals surface area contributed by atoms with Crippen molar-refractivity contribution in [2.45, 2.75) is 39.2 Å². The SMILES string of the molecule is CC(C)C1=CCCCC1N. The van der Waals surface area contributed by atoms with Crippen molar-refractivity contribution in [3.63, 3.8) is 0 Å². The first kappa shape index (κ1) is 7.80. The van der Waals surface area contributed by atoms with Gasteiger partial charge in [0.15, 0.2) is 0 Å². The van der Waals surface area contributed by atoms with Crippen molar-refractivity contribution < 1.29 is 0 Å². The van der Waals surface area contributed by atoms with Gasteiger partial charge in [-0.1, -0.05) is 25.5 Å². The maximum atomic E-state index is 5.91. The van der Waals surface area contributed by atoms with Crippen molar-refractivity contribution in [1.82, 2.24) is 0 Å². The minimum Gasteiger partial charge on any atom is -0.324 e. The van der Waals surface area contributed by atoms with Gasteiger partial charge in [-0.05, 0) is 25.2 Å². The second-order valence-electron chi connectivity index (χ2n) is 3.40. The molecule has 0 saturated heterocycles. The van der Waals surface area contributed by atoms with Gasteiger partial charge in [-0.15, -0.1) is 0 Å². The molecule has 1 unspecified atom stereocenters. The molecule has 0 saturated carbocycles. The Morgan fingerprint density at radius 1 is 1.60 bits per heavy atom. The van der Waals surface area contributed by atoms with Gasteiger partial charge in [0, 0.05) is 6.04 Å². The first-order valence-electron chi connectivity index (χ1n) is 4.17. The molecule has 0 amide bonds. The Morgan fingerprint density at radius 3 is 2.70 bits per heavy atom. The fraction of sp³-hybridized carbons (Fsp3) is 0.778. The van der Waals surface area contributed by atoms with Crippen molar-refractivity contribution in [2.24, 2.45) is 11.7 Å². The second kappa shape index (κ2) is 3.20. The summed E-state index contributed by atoms with van der Waals surface area (Å²) in [5.41, 5.74) is 7.38. The van der Waals surface area contributed by atoms with Gasteiger partial charge in [0.25, 0.3) is 0 Å². The van der Waals surface area contributed by atoms with E-state index in [0.29, 0.717) is 12.0 Å². The molecule has 1 atom stereocenters. The van der Waals surface area contributed by atoms with E-state index in [9.17, 15) is 0 Å². The van der Waals surface area contributed by atoms with Crippen LogP contribution in [-0.2, 0) is 0 Å². The van der Waals surface area contributed by atoms with Crippen molar-refractivity contribution in [3.8, 4) is 0 Å². The minimum absolute atomic E-state index is 0.355. The highest BCUT2D eigenvalue weighted by atomic mass is 14.6. The van der Waals surface area contributed by atoms with Crippen LogP contribution in [0.25, 0.3) is 0 Å². The lowest BCUT2D eigenvalue weighted by Crippen LogP contribution is -2.27. The Morgan fingerprint density at radius 2 is 2.30 bits per heavy atom. The number of rotatable bonds is 1. The van der Waals surface area contributed by atoms with Crippen LogP contribution < -0.4 is 5.73 Å². The van der Waals surface area contributed by atoms with Crippen molar-refractivity contribution in [3.05, 3.63) is 11.6 Å². The number of hydrogen-bond donors (Lipinski definition) is 1. The van der Waals surface area contributed by atoms with E-state index >= 15 is 0 Å². The number of hydrogen-bond acceptors (Lipinski definition) is 1. The fourth-order valence-corrected chi connectivity index (χ4v) is 1.59. The molecule has 1 nitrogen and oxygen atoms in total. The van der Waals surface area contributed by atoms with Gasteiger partial charge in [0.2, 0.25) is 0 Å². The molecule has 1 aliphatic rings. The van der Waals surface area contributed by atoms with Crippen LogP contribution in [0.3, 0.4) is 0 Å². The molecule has 58 valence electrons. The summed E-state index contributed by atoms with van der Waals surface area (Å²) >= 11 is 0. The zero-order chi connectivity index (χ0) is 7.56. The maximum absolute atomic E-state index is 5.91. The highest BCUT2D eigenvalue weighted by molar-refractivity contribution is 5.14. The van der Waals surface area contributed by atoms with Crippen molar-refractivity contribution in [2.75, 3.05) is 0 Å². The molecular weight excluding hydrogens is 122 g/mol. The lowest BCUT2D eigenvalue weighted by molar-refractivity contribution is 0.552. The molecule has 0 heterocycles. The molecule has 0 aromatic carbocycles. The average Bonchev–Trinajstić information content (AvgIpc) is 1.88. The van der Waals surface area contributed by atoms with Crippen molar-refractivity contribution in [1.29, 1.82) is 0 Å². The van der Waals surface area contributed by atoms with Crippen LogP contribution in [0.1, 0.15) is 33.1 Å². The van der Waals surface area contributed by atoms with Gasteiger partial charge in [-0.2, -0.15) is 0 Å². The average molecular weight is 139 g/mol. The molecule has 10 heavy (non-hydrogen) atoms. The third-order valence-electron chi connectivity index (χ3n) is 2.19. The van der Waals surface area contributed by atoms with E-state index in [0.717, 1.165) is 0 Å². The second-order valence-corrected chi connectivity index (χ2v) is 3.40. The summed E-state index contributed by atoms with van der Waals surface area (Å²) in [6, 6.07) is 0.355. The van der Waals surface area contributed by atoms with Gasteiger partial charge >= 0.3 is 0 Å². The predicted octanol–water partition coefficient (Wildman–Crippen LogP) is 2.08. The van der Waals surface area contributed by atoms with E-state index in [2.05, 4.69) is 19.9 Å². The van der Waals surface area contributed by atoms with E-state index in [1.807, 2.05) is 0 Å². The van der Waals surface area contributed by atoms with Crippen LogP contribution in [0.4, 0.5) is 0 Å². The van der Waals surface area contributed by atoms with E-state index in [4.69, 9.17) is 5.73 Å². The van der Waals surface area contributed by atoms with Crippen LogP contribution in [0.15, 0.2) is 11.6 Å². The number of allylic oxidation sites excluding steroid dienone is 1. The Balaban J connectivity index is 2.61. The molecular formula is C9H17N. The smallest absolute Gasteiger partial charge is 0.0256 e. The number of nitrogens with two attached hydrogens (primary N) is 1. The lowest BCUT2D eigenvalue weighted by Gasteiger charge is -2.23. The van der Waals surface area contributed by atoms with Gasteiger partial charge in [-0.3, -0.25) is 0 Å². The molecule has 0 fully saturated rings. The van der Waals surface area contributed by atoms with Crippen LogP contribution in [0, 0.1) is 5.92 Å². The minimum atomic E-state index is 0.355. The molecule has 0 aromatic rings. The summed E-state index contributed by atoms with van der Waals surface area (Å²) in [5.74, 6) is 0.648. The van der Waals surface area contributed by atoms with E-state index in [1.54, 1.807) is 0 Å². The van der Waals surface area contributed by atoms with Crippen LogP contribution in [0.2, 0.25) is 0 Å². The summed E-state index contributed by atoms with van der Waals surface area (Å²) in [7, 11) is 0. The summed E-state index contributed by atoms with van der Waals surface area (Å²) in [4.78, 5) is 0. The zero-order valence-corrected chi connectivity index (χ0v) is 6.93. The normalized spacial score (nSPS) is 26.8. The molecule has 1 rings (SSSR count). The monoisotopic (exact) mass is 139 g/mol. The predicted molar refractivity (Wildman–Crippen MR) is 44.7 cm³/mol. The first-order valence-corrected chi connectivity index (χ1v) is 4.17. The Kier molecular flexibility index (Phi) is 2.50. The summed E-state index contributed by atoms with van der Waals surface area (Å²) in [6.45, 7) is 4.44. The van der Waals surface area contributed by atoms with Crippen molar-refractivity contribution >= 4 is 0 Å². The largest absolute Gasteiger partial charge is 0.324 e. The quantitative estimate of drug-likeness (QED) is 0.553. The Hall–Kier alpha value is -0.300. The van der Waals surface area contributed by atoms with E-state index < -0.39 is 0 Å². The maximum Gasteiger partial charge on any atom is 0.0256 e. The molecule has 0 aliphatic heterocycles. The van der Waals surface area contributed by atoms with Crippen LogP contribution in [0.5, 0.6) is 0 Å². The summed E-state index contributed by atoms with van der Waals surface area (Å²) < 4.78 is 0. The van der Waals surface area contributed by atoms with Crippen LogP contribution in [-0.4, -0.2) is 6.04 Å². The van der Waals surface area contributed by atoms with Gasteiger partial charge in [0.05, 0.1) is 0 Å². The van der Waals surface area contributed by atoms with Gasteiger partial charge < -0.3 is 5.73 Å². The molecule has 1 aliphatic carbocycles. The van der Waals surface area contributed by atoms with Crippen LogP contribution >= 0.6 is 0 Å². The van der Waals surface area contributed by atoms with Gasteiger partial charge in [-0.25, -0.2) is 0 Å². The molecule has 2 N–H and O–H groups in total. The van der Waals surface area contributed by atoms with E-state index in [1.165, 1.54) is 24.8 Å². The molecule has 0 bridgehead atoms. The molecule has 0 radical (unpaired) electrons. The highest BCUT2D eigenvalue weighted by Crippen LogP contribution is 2.22. The third kappa shape index (κ3) is 1.60. The zero-order valence-electron chi connectivity index (χ0n) is 6.93. The lowest BCUT2D eigenvalue weighted by atomic mass is 9.88. The Bertz CT molecular complexity index is 136. The molecule has 0 spiro atoms. The van der Waals surface area contributed by atoms with Gasteiger partial charge in [0.1, 0.15) is 0 Å². The summed E-state index contributed by atoms with van der Waals surface area (Å²) in [6.07, 6.45) is 6.02. The molecule has 1 heteroatoms. The first-order chi connectivity index (χ1) is 4.72. The highest BCUT2D eigenvalue weighted by Gasteiger charge is 2.15. The Labute approximate surface area is 63.3 Å². The standard InChI is InChI=1S/C9H17N/c1-7(2)8-5-3-4-6-9(8)10/h5,7,9H,3-4,6,10H2,1-2H3.